The second kappa shape index (κ2) is 4.45. The first kappa shape index (κ1) is 13.9. The molecular formula is C15H25N3O2. The average molecular weight is 279 g/mol. The number of carbonyl (C=O) groups excluding carboxylic acids is 2. The number of hydrogen-bond donors (Lipinski definition) is 1. The van der Waals surface area contributed by atoms with E-state index in [2.05, 4.69) is 5.32 Å². The van der Waals surface area contributed by atoms with Crippen molar-refractivity contribution < 1.29 is 9.59 Å². The van der Waals surface area contributed by atoms with Gasteiger partial charge in [0.15, 0.2) is 0 Å². The molecule has 1 saturated carbocycles. The molecule has 1 spiro atoms. The lowest BCUT2D eigenvalue weighted by molar-refractivity contribution is -0.158. The zero-order valence-corrected chi connectivity index (χ0v) is 12.7. The van der Waals surface area contributed by atoms with Gasteiger partial charge >= 0.3 is 0 Å². The van der Waals surface area contributed by atoms with E-state index >= 15 is 0 Å². The molecule has 0 bridgehead atoms. The van der Waals surface area contributed by atoms with Gasteiger partial charge in [0.2, 0.25) is 11.8 Å². The van der Waals surface area contributed by atoms with E-state index in [0.29, 0.717) is 13.1 Å². The number of nitrogens with one attached hydrogen (secondary N) is 1. The molecular weight excluding hydrogens is 254 g/mol. The molecule has 1 unspecified atom stereocenters. The highest BCUT2D eigenvalue weighted by atomic mass is 16.2. The summed E-state index contributed by atoms with van der Waals surface area (Å²) in [6, 6.07) is 0. The smallest absolute Gasteiger partial charge is 0.247 e. The topological polar surface area (TPSA) is 52.6 Å². The van der Waals surface area contributed by atoms with Crippen LogP contribution in [0.2, 0.25) is 0 Å². The maximum Gasteiger partial charge on any atom is 0.247 e. The van der Waals surface area contributed by atoms with Crippen LogP contribution in [-0.2, 0) is 9.59 Å². The quantitative estimate of drug-likeness (QED) is 0.758. The third-order valence-corrected chi connectivity index (χ3v) is 5.56. The van der Waals surface area contributed by atoms with E-state index in [-0.39, 0.29) is 23.1 Å². The largest absolute Gasteiger partial charge is 0.342 e. The SMILES string of the molecule is CN1CCN(C(=O)C2CC23CCNCC3)C(C)(C)C1=O. The summed E-state index contributed by atoms with van der Waals surface area (Å²) in [7, 11) is 1.82. The molecule has 1 aliphatic carbocycles. The fourth-order valence-electron chi connectivity index (χ4n) is 3.96. The molecule has 3 fully saturated rings. The fourth-order valence-corrected chi connectivity index (χ4v) is 3.96. The van der Waals surface area contributed by atoms with Crippen molar-refractivity contribution in [1.82, 2.24) is 15.1 Å². The zero-order valence-electron chi connectivity index (χ0n) is 12.7. The van der Waals surface area contributed by atoms with Gasteiger partial charge in [-0.15, -0.1) is 0 Å². The van der Waals surface area contributed by atoms with E-state index in [1.165, 1.54) is 0 Å². The van der Waals surface area contributed by atoms with Gasteiger partial charge in [-0.3, -0.25) is 9.59 Å². The summed E-state index contributed by atoms with van der Waals surface area (Å²) < 4.78 is 0. The molecule has 2 heterocycles. The number of carbonyl (C=O) groups is 2. The third kappa shape index (κ3) is 1.94. The Balaban J connectivity index is 1.73. The van der Waals surface area contributed by atoms with E-state index in [4.69, 9.17) is 0 Å². The Morgan fingerprint density at radius 3 is 2.55 bits per heavy atom. The lowest BCUT2D eigenvalue weighted by Crippen LogP contribution is -2.64. The van der Waals surface area contributed by atoms with Gasteiger partial charge in [-0.25, -0.2) is 0 Å². The van der Waals surface area contributed by atoms with Crippen LogP contribution in [0.1, 0.15) is 33.1 Å². The van der Waals surface area contributed by atoms with Crippen LogP contribution in [0, 0.1) is 11.3 Å². The highest BCUT2D eigenvalue weighted by Gasteiger charge is 2.60. The summed E-state index contributed by atoms with van der Waals surface area (Å²) in [6.45, 7) is 7.11. The number of amides is 2. The van der Waals surface area contributed by atoms with Crippen molar-refractivity contribution in [2.75, 3.05) is 33.2 Å². The minimum absolute atomic E-state index is 0.0529. The average Bonchev–Trinajstić information content (AvgIpc) is 3.10. The molecule has 0 aromatic carbocycles. The summed E-state index contributed by atoms with van der Waals surface area (Å²) in [5.41, 5.74) is -0.453. The van der Waals surface area contributed by atoms with Gasteiger partial charge in [-0.2, -0.15) is 0 Å². The number of piperidine rings is 1. The Hall–Kier alpha value is -1.10. The molecule has 0 aromatic rings. The van der Waals surface area contributed by atoms with E-state index < -0.39 is 5.54 Å². The Bertz CT molecular complexity index is 440. The predicted octanol–water partition coefficient (Wildman–Crippen LogP) is 0.455. The summed E-state index contributed by atoms with van der Waals surface area (Å²) in [4.78, 5) is 28.7. The molecule has 5 nitrogen and oxygen atoms in total. The molecule has 3 rings (SSSR count). The molecule has 1 N–H and O–H groups in total. The molecule has 112 valence electrons. The Kier molecular flexibility index (Phi) is 3.08. The maximum absolute atomic E-state index is 12.8. The van der Waals surface area contributed by atoms with Crippen LogP contribution in [0.25, 0.3) is 0 Å². The van der Waals surface area contributed by atoms with Gasteiger partial charge in [0.1, 0.15) is 5.54 Å². The second-order valence-electron chi connectivity index (χ2n) is 7.14. The van der Waals surface area contributed by atoms with Gasteiger partial charge in [-0.05, 0) is 51.6 Å². The maximum atomic E-state index is 12.8. The van der Waals surface area contributed by atoms with Crippen molar-refractivity contribution in [3.8, 4) is 0 Å². The minimum Gasteiger partial charge on any atom is -0.342 e. The van der Waals surface area contributed by atoms with Crippen molar-refractivity contribution in [3.05, 3.63) is 0 Å². The molecule has 0 aromatic heterocycles. The highest BCUT2D eigenvalue weighted by molar-refractivity contribution is 5.93. The first-order valence-corrected chi connectivity index (χ1v) is 7.66. The second-order valence-corrected chi connectivity index (χ2v) is 7.14. The molecule has 2 aliphatic heterocycles. The lowest BCUT2D eigenvalue weighted by Gasteiger charge is -2.45. The Morgan fingerprint density at radius 1 is 1.25 bits per heavy atom. The van der Waals surface area contributed by atoms with Gasteiger partial charge in [0.05, 0.1) is 0 Å². The molecule has 2 amide bonds. The number of nitrogens with zero attached hydrogens (tertiary/aromatic N) is 2. The van der Waals surface area contributed by atoms with Gasteiger partial charge in [0.25, 0.3) is 0 Å². The van der Waals surface area contributed by atoms with Gasteiger partial charge in [-0.1, -0.05) is 0 Å². The molecule has 5 heteroatoms. The van der Waals surface area contributed by atoms with E-state index in [1.807, 2.05) is 25.8 Å². The molecule has 0 radical (unpaired) electrons. The van der Waals surface area contributed by atoms with Crippen molar-refractivity contribution in [1.29, 1.82) is 0 Å². The van der Waals surface area contributed by atoms with E-state index in [0.717, 1.165) is 32.4 Å². The first-order valence-electron chi connectivity index (χ1n) is 7.66. The highest BCUT2D eigenvalue weighted by Crippen LogP contribution is 2.59. The predicted molar refractivity (Wildman–Crippen MR) is 76.1 cm³/mol. The Labute approximate surface area is 120 Å². The van der Waals surface area contributed by atoms with Gasteiger partial charge in [0, 0.05) is 26.1 Å². The summed E-state index contributed by atoms with van der Waals surface area (Å²) >= 11 is 0. The fraction of sp³-hybridized carbons (Fsp3) is 0.867. The number of piperazine rings is 1. The van der Waals surface area contributed by atoms with Crippen molar-refractivity contribution in [3.63, 3.8) is 0 Å². The molecule has 1 atom stereocenters. The van der Waals surface area contributed by atoms with Crippen LogP contribution >= 0.6 is 0 Å². The molecule has 2 saturated heterocycles. The number of rotatable bonds is 1. The third-order valence-electron chi connectivity index (χ3n) is 5.56. The summed E-state index contributed by atoms with van der Waals surface area (Å²) in [5.74, 6) is 0.413. The number of likely N-dealkylation sites (N-methyl/N-ethyl adjacent to an activating group) is 1. The zero-order chi connectivity index (χ0) is 14.5. The first-order chi connectivity index (χ1) is 9.38. The Morgan fingerprint density at radius 2 is 1.90 bits per heavy atom. The van der Waals surface area contributed by atoms with Crippen molar-refractivity contribution in [2.45, 2.75) is 38.6 Å². The standard InChI is InChI=1S/C15H25N3O2/c1-14(2)13(20)17(3)8-9-18(14)12(19)11-10-15(11)4-6-16-7-5-15/h11,16H,4-10H2,1-3H3. The summed E-state index contributed by atoms with van der Waals surface area (Å²) in [5, 5.41) is 3.36. The van der Waals surface area contributed by atoms with Crippen LogP contribution in [-0.4, -0.2) is 60.4 Å². The van der Waals surface area contributed by atoms with Crippen LogP contribution in [0.3, 0.4) is 0 Å². The van der Waals surface area contributed by atoms with E-state index in [9.17, 15) is 9.59 Å². The van der Waals surface area contributed by atoms with Crippen LogP contribution in [0.5, 0.6) is 0 Å². The summed E-state index contributed by atoms with van der Waals surface area (Å²) in [6.07, 6.45) is 3.22. The van der Waals surface area contributed by atoms with Crippen molar-refractivity contribution in [2.24, 2.45) is 11.3 Å². The molecule has 3 aliphatic rings. The van der Waals surface area contributed by atoms with Crippen LogP contribution in [0.15, 0.2) is 0 Å². The lowest BCUT2D eigenvalue weighted by atomic mass is 9.90. The van der Waals surface area contributed by atoms with E-state index in [1.54, 1.807) is 4.90 Å². The monoisotopic (exact) mass is 279 g/mol. The van der Waals surface area contributed by atoms with Crippen LogP contribution < -0.4 is 5.32 Å². The van der Waals surface area contributed by atoms with Gasteiger partial charge < -0.3 is 15.1 Å². The molecule has 20 heavy (non-hydrogen) atoms. The van der Waals surface area contributed by atoms with Crippen molar-refractivity contribution >= 4 is 11.8 Å². The van der Waals surface area contributed by atoms with Crippen LogP contribution in [0.4, 0.5) is 0 Å². The normalized spacial score (nSPS) is 31.6. The minimum atomic E-state index is -0.694. The number of hydrogen-bond acceptors (Lipinski definition) is 3.